The Morgan fingerprint density at radius 1 is 1.19 bits per heavy atom. The van der Waals surface area contributed by atoms with Crippen LogP contribution in [0.5, 0.6) is 0 Å². The lowest BCUT2D eigenvalue weighted by Gasteiger charge is -2.04. The van der Waals surface area contributed by atoms with E-state index in [1.807, 2.05) is 0 Å². The molecule has 0 unspecified atom stereocenters. The van der Waals surface area contributed by atoms with Crippen molar-refractivity contribution < 1.29 is 27.9 Å². The normalized spacial score (nSPS) is 10.8. The van der Waals surface area contributed by atoms with E-state index in [-0.39, 0.29) is 41.0 Å². The number of ether oxygens (including phenoxy) is 1. The molecule has 0 aliphatic heterocycles. The average molecular weight is 359 g/mol. The largest absolute Gasteiger partial charge is 0.462 e. The fourth-order valence-electron chi connectivity index (χ4n) is 2.35. The first-order valence-corrected chi connectivity index (χ1v) is 7.89. The third kappa shape index (κ3) is 4.44. The summed E-state index contributed by atoms with van der Waals surface area (Å²) in [7, 11) is 0. The van der Waals surface area contributed by atoms with Gasteiger partial charge in [0.05, 0.1) is 12.2 Å². The van der Waals surface area contributed by atoms with Crippen LogP contribution in [-0.4, -0.2) is 24.3 Å². The number of benzene rings is 1. The van der Waals surface area contributed by atoms with E-state index in [1.54, 1.807) is 6.92 Å². The zero-order chi connectivity index (χ0) is 19.3. The molecule has 0 atom stereocenters. The fraction of sp³-hybridized carbons (Fsp3) is 0.211. The summed E-state index contributed by atoms with van der Waals surface area (Å²) < 4.78 is 23.2. The standard InChI is InChI=1S/C19H18FNO5/c1-4-25-19(24)17-16(11(2)22)12(3)26-18(17)21-15(23)10-7-13-5-8-14(20)9-6-13/h5-10H,4H2,1-3H3,(H,21,23)/b10-7+. The molecule has 0 saturated carbocycles. The molecule has 0 saturated heterocycles. The SMILES string of the molecule is CCOC(=O)c1c(NC(=O)/C=C/c2ccc(F)cc2)oc(C)c1C(C)=O. The molecule has 2 aromatic rings. The number of carbonyl (C=O) groups excluding carboxylic acids is 3. The molecule has 0 aliphatic carbocycles. The van der Waals surface area contributed by atoms with E-state index in [0.29, 0.717) is 5.56 Å². The minimum Gasteiger partial charge on any atom is -0.462 e. The number of halogens is 1. The minimum absolute atomic E-state index is 0.0706. The number of amides is 1. The van der Waals surface area contributed by atoms with Gasteiger partial charge < -0.3 is 9.15 Å². The highest BCUT2D eigenvalue weighted by Gasteiger charge is 2.28. The van der Waals surface area contributed by atoms with Crippen molar-refractivity contribution in [2.75, 3.05) is 11.9 Å². The molecular weight excluding hydrogens is 341 g/mol. The van der Waals surface area contributed by atoms with Crippen molar-refractivity contribution in [3.63, 3.8) is 0 Å². The highest BCUT2D eigenvalue weighted by Crippen LogP contribution is 2.28. The van der Waals surface area contributed by atoms with Gasteiger partial charge in [-0.15, -0.1) is 0 Å². The third-order valence-corrected chi connectivity index (χ3v) is 3.45. The van der Waals surface area contributed by atoms with E-state index in [0.717, 1.165) is 0 Å². The molecule has 1 aromatic carbocycles. The van der Waals surface area contributed by atoms with Crippen molar-refractivity contribution >= 4 is 29.6 Å². The Kier molecular flexibility index (Phi) is 6.06. The molecule has 0 spiro atoms. The van der Waals surface area contributed by atoms with Crippen molar-refractivity contribution in [1.82, 2.24) is 0 Å². The Balaban J connectivity index is 2.26. The number of hydrogen-bond donors (Lipinski definition) is 1. The number of anilines is 1. The second kappa shape index (κ2) is 8.24. The number of esters is 1. The van der Waals surface area contributed by atoms with Gasteiger partial charge in [-0.05, 0) is 44.5 Å². The predicted molar refractivity (Wildman–Crippen MR) is 93.5 cm³/mol. The molecule has 1 N–H and O–H groups in total. The van der Waals surface area contributed by atoms with Crippen molar-refractivity contribution in [2.24, 2.45) is 0 Å². The van der Waals surface area contributed by atoms with Gasteiger partial charge in [0.2, 0.25) is 5.88 Å². The highest BCUT2D eigenvalue weighted by atomic mass is 19.1. The van der Waals surface area contributed by atoms with Crippen LogP contribution in [0.3, 0.4) is 0 Å². The Morgan fingerprint density at radius 2 is 1.85 bits per heavy atom. The second-order valence-corrected chi connectivity index (χ2v) is 5.39. The molecule has 1 aromatic heterocycles. The molecule has 7 heteroatoms. The first-order chi connectivity index (χ1) is 12.3. The van der Waals surface area contributed by atoms with Crippen LogP contribution < -0.4 is 5.32 Å². The molecule has 0 radical (unpaired) electrons. The van der Waals surface area contributed by atoms with Gasteiger partial charge in [-0.1, -0.05) is 12.1 Å². The molecule has 6 nitrogen and oxygen atoms in total. The highest BCUT2D eigenvalue weighted by molar-refractivity contribution is 6.12. The molecule has 1 heterocycles. The van der Waals surface area contributed by atoms with Crippen molar-refractivity contribution in [3.05, 3.63) is 58.6 Å². The van der Waals surface area contributed by atoms with Crippen LogP contribution in [0.4, 0.5) is 10.3 Å². The fourth-order valence-corrected chi connectivity index (χ4v) is 2.35. The summed E-state index contributed by atoms with van der Waals surface area (Å²) in [6.45, 7) is 4.55. The summed E-state index contributed by atoms with van der Waals surface area (Å²) in [5.41, 5.74) is 0.578. The van der Waals surface area contributed by atoms with E-state index >= 15 is 0 Å². The van der Waals surface area contributed by atoms with E-state index in [4.69, 9.17) is 9.15 Å². The number of furan rings is 1. The van der Waals surface area contributed by atoms with Gasteiger partial charge in [0.1, 0.15) is 17.1 Å². The molecule has 26 heavy (non-hydrogen) atoms. The lowest BCUT2D eigenvalue weighted by Crippen LogP contribution is -2.14. The van der Waals surface area contributed by atoms with Crippen LogP contribution in [-0.2, 0) is 9.53 Å². The Hall–Kier alpha value is -3.22. The van der Waals surface area contributed by atoms with Gasteiger partial charge in [0.25, 0.3) is 5.91 Å². The van der Waals surface area contributed by atoms with Gasteiger partial charge in [-0.2, -0.15) is 0 Å². The lowest BCUT2D eigenvalue weighted by molar-refractivity contribution is -0.111. The molecule has 1 amide bonds. The number of ketones is 1. The van der Waals surface area contributed by atoms with Gasteiger partial charge in [-0.25, -0.2) is 9.18 Å². The topological polar surface area (TPSA) is 85.6 Å². The van der Waals surface area contributed by atoms with E-state index < -0.39 is 11.9 Å². The number of aryl methyl sites for hydroxylation is 1. The number of rotatable bonds is 6. The van der Waals surface area contributed by atoms with Gasteiger partial charge in [0.15, 0.2) is 5.78 Å². The zero-order valence-electron chi connectivity index (χ0n) is 14.6. The summed E-state index contributed by atoms with van der Waals surface area (Å²) in [6, 6.07) is 5.55. The molecule has 0 aliphatic rings. The van der Waals surface area contributed by atoms with E-state index in [1.165, 1.54) is 50.3 Å². The molecular formula is C19H18FNO5. The van der Waals surface area contributed by atoms with Crippen LogP contribution >= 0.6 is 0 Å². The number of Topliss-reactive ketones (excluding diaryl/α,β-unsaturated/α-hetero) is 1. The maximum absolute atomic E-state index is 12.9. The first kappa shape index (κ1) is 19.1. The summed E-state index contributed by atoms with van der Waals surface area (Å²) in [5.74, 6) is -2.04. The maximum atomic E-state index is 12.9. The Morgan fingerprint density at radius 3 is 2.42 bits per heavy atom. The third-order valence-electron chi connectivity index (χ3n) is 3.45. The molecule has 0 bridgehead atoms. The van der Waals surface area contributed by atoms with Gasteiger partial charge in [-0.3, -0.25) is 14.9 Å². The van der Waals surface area contributed by atoms with Crippen LogP contribution in [0.1, 0.15) is 45.9 Å². The Labute approximate surface area is 149 Å². The van der Waals surface area contributed by atoms with Crippen LogP contribution in [0.25, 0.3) is 6.08 Å². The monoisotopic (exact) mass is 359 g/mol. The van der Waals surface area contributed by atoms with Crippen LogP contribution in [0, 0.1) is 12.7 Å². The number of hydrogen-bond acceptors (Lipinski definition) is 5. The zero-order valence-corrected chi connectivity index (χ0v) is 14.6. The molecule has 0 fully saturated rings. The lowest BCUT2D eigenvalue weighted by atomic mass is 10.1. The second-order valence-electron chi connectivity index (χ2n) is 5.39. The smallest absolute Gasteiger partial charge is 0.344 e. The van der Waals surface area contributed by atoms with Crippen molar-refractivity contribution in [2.45, 2.75) is 20.8 Å². The first-order valence-electron chi connectivity index (χ1n) is 7.89. The van der Waals surface area contributed by atoms with Crippen molar-refractivity contribution in [3.8, 4) is 0 Å². The van der Waals surface area contributed by atoms with E-state index in [2.05, 4.69) is 5.32 Å². The minimum atomic E-state index is -0.757. The summed E-state index contributed by atoms with van der Waals surface area (Å²) in [4.78, 5) is 36.1. The van der Waals surface area contributed by atoms with Crippen LogP contribution in [0.15, 0.2) is 34.8 Å². The number of nitrogens with one attached hydrogen (secondary N) is 1. The van der Waals surface area contributed by atoms with Gasteiger partial charge >= 0.3 is 5.97 Å². The average Bonchev–Trinajstić information content (AvgIpc) is 2.90. The van der Waals surface area contributed by atoms with E-state index in [9.17, 15) is 18.8 Å². The molecule has 2 rings (SSSR count). The summed E-state index contributed by atoms with van der Waals surface area (Å²) >= 11 is 0. The maximum Gasteiger partial charge on any atom is 0.344 e. The summed E-state index contributed by atoms with van der Waals surface area (Å²) in [6.07, 6.45) is 2.67. The summed E-state index contributed by atoms with van der Waals surface area (Å²) in [5, 5.41) is 2.43. The van der Waals surface area contributed by atoms with Gasteiger partial charge in [0, 0.05) is 6.08 Å². The van der Waals surface area contributed by atoms with Crippen LogP contribution in [0.2, 0.25) is 0 Å². The Bertz CT molecular complexity index is 865. The molecule has 136 valence electrons. The quantitative estimate of drug-likeness (QED) is 0.482. The predicted octanol–water partition coefficient (Wildman–Crippen LogP) is 3.76. The number of carbonyl (C=O) groups is 3. The van der Waals surface area contributed by atoms with Crippen molar-refractivity contribution in [1.29, 1.82) is 0 Å².